The first-order valence-corrected chi connectivity index (χ1v) is 6.17. The maximum absolute atomic E-state index is 5.76. The third kappa shape index (κ3) is 2.83. The lowest BCUT2D eigenvalue weighted by Gasteiger charge is -2.27. The van der Waals surface area contributed by atoms with Crippen molar-refractivity contribution >= 4 is 0 Å². The fourth-order valence-electron chi connectivity index (χ4n) is 2.16. The van der Waals surface area contributed by atoms with Crippen LogP contribution >= 0.6 is 0 Å². The van der Waals surface area contributed by atoms with Gasteiger partial charge in [0.15, 0.2) is 0 Å². The number of likely N-dealkylation sites (N-methyl/N-ethyl adjacent to an activating group) is 1. The minimum absolute atomic E-state index is 0.241. The van der Waals surface area contributed by atoms with Crippen molar-refractivity contribution in [3.8, 4) is 0 Å². The molecule has 1 unspecified atom stereocenters. The summed E-state index contributed by atoms with van der Waals surface area (Å²) in [7, 11) is 1.97. The number of hydrogen-bond acceptors (Lipinski definition) is 2. The van der Waals surface area contributed by atoms with E-state index in [9.17, 15) is 0 Å². The lowest BCUT2D eigenvalue weighted by atomic mass is 9.93. The molecular weight excluding hydrogens is 198 g/mol. The molecule has 0 spiro atoms. The van der Waals surface area contributed by atoms with Gasteiger partial charge in [0.25, 0.3) is 0 Å². The van der Waals surface area contributed by atoms with E-state index in [2.05, 4.69) is 30.4 Å². The Bertz CT molecular complexity index is 323. The summed E-state index contributed by atoms with van der Waals surface area (Å²) in [5.41, 5.74) is 4.20. The van der Waals surface area contributed by atoms with E-state index in [1.54, 1.807) is 0 Å². The molecule has 16 heavy (non-hydrogen) atoms. The Morgan fingerprint density at radius 2 is 2.12 bits per heavy atom. The van der Waals surface area contributed by atoms with Gasteiger partial charge in [0.2, 0.25) is 0 Å². The average Bonchev–Trinajstić information content (AvgIpc) is 2.32. The van der Waals surface area contributed by atoms with E-state index < -0.39 is 0 Å². The summed E-state index contributed by atoms with van der Waals surface area (Å²) in [4.78, 5) is 0. The number of rotatable bonds is 2. The van der Waals surface area contributed by atoms with Crippen LogP contribution in [0.4, 0.5) is 0 Å². The van der Waals surface area contributed by atoms with Crippen molar-refractivity contribution in [3.05, 3.63) is 34.9 Å². The zero-order chi connectivity index (χ0) is 12.0. The average molecular weight is 221 g/mol. The van der Waals surface area contributed by atoms with E-state index in [-0.39, 0.29) is 6.10 Å². The molecule has 1 aliphatic rings. The fourth-order valence-corrected chi connectivity index (χ4v) is 2.16. The van der Waals surface area contributed by atoms with Crippen LogP contribution in [0.3, 0.4) is 0 Å². The Kier molecular flexibility index (Phi) is 5.50. The van der Waals surface area contributed by atoms with Crippen molar-refractivity contribution in [2.75, 3.05) is 20.2 Å². The maximum atomic E-state index is 5.76. The van der Waals surface area contributed by atoms with E-state index in [0.717, 1.165) is 19.6 Å². The summed E-state index contributed by atoms with van der Waals surface area (Å²) in [6, 6.07) is 6.51. The second kappa shape index (κ2) is 6.66. The Labute approximate surface area is 99.0 Å². The monoisotopic (exact) mass is 221 g/mol. The molecule has 1 atom stereocenters. The molecule has 1 heterocycles. The first kappa shape index (κ1) is 13.2. The molecule has 0 saturated carbocycles. The standard InChI is InChI=1S/C12H17NO.C2H6/c1-9-4-3-5-10-6-7-14-11(8-13-2)12(9)10;1-2/h3-5,11,13H,6-8H2,1-2H3;1-2H3. The van der Waals surface area contributed by atoms with E-state index in [1.165, 1.54) is 16.7 Å². The Morgan fingerprint density at radius 3 is 2.81 bits per heavy atom. The summed E-state index contributed by atoms with van der Waals surface area (Å²) in [6.07, 6.45) is 1.29. The van der Waals surface area contributed by atoms with E-state index in [0.29, 0.717) is 0 Å². The van der Waals surface area contributed by atoms with Crippen LogP contribution in [-0.4, -0.2) is 20.2 Å². The molecule has 0 radical (unpaired) electrons. The van der Waals surface area contributed by atoms with Gasteiger partial charge in [0.05, 0.1) is 12.7 Å². The van der Waals surface area contributed by atoms with Crippen molar-refractivity contribution in [2.24, 2.45) is 0 Å². The SMILES string of the molecule is CC.CNCC1OCCc2cccc(C)c21. The van der Waals surface area contributed by atoms with Gasteiger partial charge in [0, 0.05) is 6.54 Å². The molecule has 1 aromatic rings. The van der Waals surface area contributed by atoms with Crippen LogP contribution < -0.4 is 5.32 Å². The molecule has 1 N–H and O–H groups in total. The first-order chi connectivity index (χ1) is 7.83. The summed E-state index contributed by atoms with van der Waals surface area (Å²) < 4.78 is 5.76. The van der Waals surface area contributed by atoms with Crippen LogP contribution in [0.25, 0.3) is 0 Å². The fraction of sp³-hybridized carbons (Fsp3) is 0.571. The number of hydrogen-bond donors (Lipinski definition) is 1. The highest BCUT2D eigenvalue weighted by molar-refractivity contribution is 5.37. The van der Waals surface area contributed by atoms with Gasteiger partial charge in [-0.15, -0.1) is 0 Å². The predicted molar refractivity (Wildman–Crippen MR) is 68.9 cm³/mol. The molecule has 0 fully saturated rings. The minimum Gasteiger partial charge on any atom is -0.372 e. The van der Waals surface area contributed by atoms with E-state index in [4.69, 9.17) is 4.74 Å². The number of aryl methyl sites for hydroxylation is 1. The highest BCUT2D eigenvalue weighted by Gasteiger charge is 2.21. The van der Waals surface area contributed by atoms with Gasteiger partial charge >= 0.3 is 0 Å². The molecule has 0 saturated heterocycles. The van der Waals surface area contributed by atoms with E-state index in [1.807, 2.05) is 20.9 Å². The van der Waals surface area contributed by atoms with Gasteiger partial charge in [-0.1, -0.05) is 32.0 Å². The van der Waals surface area contributed by atoms with Gasteiger partial charge in [-0.05, 0) is 37.1 Å². The second-order valence-corrected chi connectivity index (χ2v) is 3.81. The lowest BCUT2D eigenvalue weighted by molar-refractivity contribution is 0.0433. The van der Waals surface area contributed by atoms with Crippen LogP contribution in [0.5, 0.6) is 0 Å². The third-order valence-corrected chi connectivity index (χ3v) is 2.82. The normalized spacial score (nSPS) is 18.4. The number of benzene rings is 1. The Hall–Kier alpha value is -0.860. The Morgan fingerprint density at radius 1 is 1.38 bits per heavy atom. The van der Waals surface area contributed by atoms with Gasteiger partial charge in [0.1, 0.15) is 0 Å². The largest absolute Gasteiger partial charge is 0.372 e. The summed E-state index contributed by atoms with van der Waals surface area (Å²) in [5, 5.41) is 3.18. The highest BCUT2D eigenvalue weighted by Crippen LogP contribution is 2.29. The molecule has 2 heteroatoms. The van der Waals surface area contributed by atoms with Crippen molar-refractivity contribution in [3.63, 3.8) is 0 Å². The van der Waals surface area contributed by atoms with Gasteiger partial charge in [-0.2, -0.15) is 0 Å². The second-order valence-electron chi connectivity index (χ2n) is 3.81. The molecular formula is C14H23NO. The molecule has 1 aliphatic heterocycles. The number of fused-ring (bicyclic) bond motifs is 1. The van der Waals surface area contributed by atoms with Crippen molar-refractivity contribution in [2.45, 2.75) is 33.3 Å². The van der Waals surface area contributed by atoms with Crippen LogP contribution in [0.2, 0.25) is 0 Å². The molecule has 2 nitrogen and oxygen atoms in total. The molecule has 0 aromatic heterocycles. The molecule has 1 aromatic carbocycles. The van der Waals surface area contributed by atoms with Gasteiger partial charge in [-0.25, -0.2) is 0 Å². The van der Waals surface area contributed by atoms with Crippen LogP contribution in [0.15, 0.2) is 18.2 Å². The van der Waals surface area contributed by atoms with Gasteiger partial charge in [-0.3, -0.25) is 0 Å². The number of nitrogens with one attached hydrogen (secondary N) is 1. The summed E-state index contributed by atoms with van der Waals surface area (Å²) >= 11 is 0. The third-order valence-electron chi connectivity index (χ3n) is 2.82. The molecule has 0 bridgehead atoms. The molecule has 0 aliphatic carbocycles. The molecule has 0 amide bonds. The van der Waals surface area contributed by atoms with Gasteiger partial charge < -0.3 is 10.1 Å². The maximum Gasteiger partial charge on any atom is 0.0954 e. The van der Waals surface area contributed by atoms with Crippen molar-refractivity contribution < 1.29 is 4.74 Å². The lowest BCUT2D eigenvalue weighted by Crippen LogP contribution is -2.26. The highest BCUT2D eigenvalue weighted by atomic mass is 16.5. The van der Waals surface area contributed by atoms with Crippen molar-refractivity contribution in [1.29, 1.82) is 0 Å². The molecule has 2 rings (SSSR count). The summed E-state index contributed by atoms with van der Waals surface area (Å²) in [6.45, 7) is 7.91. The topological polar surface area (TPSA) is 21.3 Å². The quantitative estimate of drug-likeness (QED) is 0.829. The minimum atomic E-state index is 0.241. The van der Waals surface area contributed by atoms with Crippen LogP contribution in [-0.2, 0) is 11.2 Å². The molecule has 90 valence electrons. The van der Waals surface area contributed by atoms with Crippen LogP contribution in [0, 0.1) is 6.92 Å². The number of ether oxygens (including phenoxy) is 1. The van der Waals surface area contributed by atoms with Crippen LogP contribution in [0.1, 0.15) is 36.6 Å². The first-order valence-electron chi connectivity index (χ1n) is 6.17. The van der Waals surface area contributed by atoms with Crippen molar-refractivity contribution in [1.82, 2.24) is 5.32 Å². The zero-order valence-electron chi connectivity index (χ0n) is 10.8. The smallest absolute Gasteiger partial charge is 0.0954 e. The Balaban J connectivity index is 0.000000606. The summed E-state index contributed by atoms with van der Waals surface area (Å²) in [5.74, 6) is 0. The van der Waals surface area contributed by atoms with E-state index >= 15 is 0 Å². The predicted octanol–water partition coefficient (Wildman–Crippen LogP) is 2.85. The zero-order valence-corrected chi connectivity index (χ0v) is 10.8.